The number of carboxylic acids is 1. The third-order valence-corrected chi connectivity index (χ3v) is 3.41. The maximum Gasteiger partial charge on any atom is 0.328 e. The number of carboxylic acid groups (broad SMARTS) is 1. The Morgan fingerprint density at radius 1 is 1.45 bits per heavy atom. The number of aromatic nitrogens is 2. The highest BCUT2D eigenvalue weighted by atomic mass is 32.1. The molecule has 0 aromatic carbocycles. The summed E-state index contributed by atoms with van der Waals surface area (Å²) in [6.45, 7) is 1.84. The van der Waals surface area contributed by atoms with Gasteiger partial charge in [0.2, 0.25) is 0 Å². The van der Waals surface area contributed by atoms with Crippen LogP contribution in [0.5, 0.6) is 0 Å². The van der Waals surface area contributed by atoms with Gasteiger partial charge in [0.15, 0.2) is 0 Å². The fourth-order valence-electron chi connectivity index (χ4n) is 1.63. The maximum absolute atomic E-state index is 12.0. The monoisotopic (exact) mass is 291 g/mol. The Labute approximate surface area is 119 Å². The van der Waals surface area contributed by atoms with E-state index in [9.17, 15) is 9.59 Å². The number of nitrogens with zero attached hydrogens (tertiary/aromatic N) is 2. The fourth-order valence-corrected chi connectivity index (χ4v) is 2.41. The van der Waals surface area contributed by atoms with Crippen LogP contribution in [0.25, 0.3) is 6.08 Å². The summed E-state index contributed by atoms with van der Waals surface area (Å²) in [7, 11) is 1.75. The van der Waals surface area contributed by atoms with Crippen LogP contribution in [0.1, 0.15) is 20.9 Å². The van der Waals surface area contributed by atoms with Gasteiger partial charge in [0.05, 0.1) is 11.3 Å². The maximum atomic E-state index is 12.0. The number of amides is 1. The summed E-state index contributed by atoms with van der Waals surface area (Å²) < 4.78 is 1.59. The number of rotatable bonds is 4. The molecule has 104 valence electrons. The summed E-state index contributed by atoms with van der Waals surface area (Å²) in [5.41, 5.74) is 1.30. The van der Waals surface area contributed by atoms with Gasteiger partial charge in [-0.1, -0.05) is 0 Å². The topological polar surface area (TPSA) is 84.2 Å². The van der Waals surface area contributed by atoms with Gasteiger partial charge in [-0.25, -0.2) is 4.79 Å². The van der Waals surface area contributed by atoms with E-state index in [-0.39, 0.29) is 5.91 Å². The highest BCUT2D eigenvalue weighted by Gasteiger charge is 2.11. The Balaban J connectivity index is 2.10. The second-order valence-corrected chi connectivity index (χ2v) is 5.10. The third-order valence-electron chi connectivity index (χ3n) is 2.52. The molecule has 0 spiro atoms. The van der Waals surface area contributed by atoms with Gasteiger partial charge in [-0.2, -0.15) is 5.10 Å². The minimum Gasteiger partial charge on any atom is -0.478 e. The minimum atomic E-state index is -1.02. The Morgan fingerprint density at radius 3 is 2.80 bits per heavy atom. The van der Waals surface area contributed by atoms with E-state index in [0.29, 0.717) is 16.3 Å². The van der Waals surface area contributed by atoms with Gasteiger partial charge in [-0.05, 0) is 19.1 Å². The molecule has 0 fully saturated rings. The largest absolute Gasteiger partial charge is 0.478 e. The zero-order valence-corrected chi connectivity index (χ0v) is 11.8. The van der Waals surface area contributed by atoms with E-state index in [2.05, 4.69) is 10.4 Å². The second-order valence-electron chi connectivity index (χ2n) is 4.16. The number of aliphatic carboxylic acids is 1. The van der Waals surface area contributed by atoms with E-state index >= 15 is 0 Å². The van der Waals surface area contributed by atoms with E-state index in [1.807, 2.05) is 6.92 Å². The molecule has 6 nitrogen and oxygen atoms in total. The number of carbonyl (C=O) groups excluding carboxylic acids is 1. The molecule has 0 saturated carbocycles. The first-order chi connectivity index (χ1) is 9.45. The quantitative estimate of drug-likeness (QED) is 0.845. The molecule has 0 aliphatic carbocycles. The van der Waals surface area contributed by atoms with Gasteiger partial charge in [0, 0.05) is 29.4 Å². The predicted octanol–water partition coefficient (Wildman–Crippen LogP) is 2.14. The number of aryl methyl sites for hydroxylation is 2. The van der Waals surface area contributed by atoms with Gasteiger partial charge in [-0.3, -0.25) is 9.48 Å². The molecule has 0 aliphatic heterocycles. The molecular formula is C13H13N3O3S. The molecule has 20 heavy (non-hydrogen) atoms. The van der Waals surface area contributed by atoms with Crippen molar-refractivity contribution < 1.29 is 14.7 Å². The number of carbonyl (C=O) groups is 2. The van der Waals surface area contributed by atoms with Crippen LogP contribution in [0.15, 0.2) is 23.6 Å². The molecule has 7 heteroatoms. The van der Waals surface area contributed by atoms with Crippen LogP contribution in [0, 0.1) is 6.92 Å². The normalized spacial score (nSPS) is 10.9. The van der Waals surface area contributed by atoms with Gasteiger partial charge in [-0.15, -0.1) is 11.3 Å². The van der Waals surface area contributed by atoms with Crippen molar-refractivity contribution in [3.63, 3.8) is 0 Å². The van der Waals surface area contributed by atoms with Crippen LogP contribution in [0.4, 0.5) is 5.82 Å². The van der Waals surface area contributed by atoms with Crippen molar-refractivity contribution in [3.8, 4) is 0 Å². The molecule has 0 saturated heterocycles. The Hall–Kier alpha value is -2.41. The molecule has 2 heterocycles. The van der Waals surface area contributed by atoms with E-state index in [1.165, 1.54) is 17.4 Å². The van der Waals surface area contributed by atoms with Gasteiger partial charge >= 0.3 is 5.97 Å². The van der Waals surface area contributed by atoms with Crippen molar-refractivity contribution in [1.29, 1.82) is 0 Å². The summed E-state index contributed by atoms with van der Waals surface area (Å²) in [5, 5.41) is 17.1. The lowest BCUT2D eigenvalue weighted by Gasteiger charge is -2.02. The van der Waals surface area contributed by atoms with Gasteiger partial charge < -0.3 is 10.4 Å². The number of nitrogens with one attached hydrogen (secondary N) is 1. The van der Waals surface area contributed by atoms with Crippen LogP contribution in [-0.2, 0) is 11.8 Å². The third kappa shape index (κ3) is 3.33. The molecule has 2 aromatic heterocycles. The predicted molar refractivity (Wildman–Crippen MR) is 76.9 cm³/mol. The van der Waals surface area contributed by atoms with Crippen molar-refractivity contribution in [2.45, 2.75) is 6.92 Å². The first-order valence-corrected chi connectivity index (χ1v) is 6.65. The summed E-state index contributed by atoms with van der Waals surface area (Å²) in [4.78, 5) is 23.2. The number of anilines is 1. The van der Waals surface area contributed by atoms with Crippen molar-refractivity contribution in [3.05, 3.63) is 39.7 Å². The lowest BCUT2D eigenvalue weighted by Crippen LogP contribution is -2.13. The SMILES string of the molecule is Cc1cc(NC(=O)c2csc(C=CC(=O)O)c2)n(C)n1. The van der Waals surface area contributed by atoms with Crippen molar-refractivity contribution in [1.82, 2.24) is 9.78 Å². The van der Waals surface area contributed by atoms with Crippen LogP contribution < -0.4 is 5.32 Å². The standard InChI is InChI=1S/C13H13N3O3S/c1-8-5-11(16(2)15-8)14-13(19)9-6-10(20-7-9)3-4-12(17)18/h3-7H,1-2H3,(H,14,19)(H,17,18). The van der Waals surface area contributed by atoms with Crippen LogP contribution in [-0.4, -0.2) is 26.8 Å². The molecule has 1 amide bonds. The second kappa shape index (κ2) is 5.70. The number of hydrogen-bond acceptors (Lipinski definition) is 4. The molecule has 2 aromatic rings. The van der Waals surface area contributed by atoms with E-state index in [4.69, 9.17) is 5.11 Å². The summed E-state index contributed by atoms with van der Waals surface area (Å²) in [6.07, 6.45) is 2.50. The molecule has 2 rings (SSSR count). The molecule has 0 aliphatic rings. The molecule has 0 atom stereocenters. The molecule has 2 N–H and O–H groups in total. The summed E-state index contributed by atoms with van der Waals surface area (Å²) in [6, 6.07) is 3.41. The average molecular weight is 291 g/mol. The smallest absolute Gasteiger partial charge is 0.328 e. The van der Waals surface area contributed by atoms with E-state index in [0.717, 1.165) is 11.8 Å². The van der Waals surface area contributed by atoms with Crippen LogP contribution in [0.3, 0.4) is 0 Å². The van der Waals surface area contributed by atoms with E-state index < -0.39 is 5.97 Å². The molecule has 0 radical (unpaired) electrons. The zero-order valence-electron chi connectivity index (χ0n) is 11.0. The molecule has 0 unspecified atom stereocenters. The lowest BCUT2D eigenvalue weighted by atomic mass is 10.3. The Bertz CT molecular complexity index is 685. The Morgan fingerprint density at radius 2 is 2.20 bits per heavy atom. The highest BCUT2D eigenvalue weighted by Crippen LogP contribution is 2.18. The molecular weight excluding hydrogens is 278 g/mol. The zero-order chi connectivity index (χ0) is 14.7. The fraction of sp³-hybridized carbons (Fsp3) is 0.154. The van der Waals surface area contributed by atoms with Crippen molar-refractivity contribution in [2.24, 2.45) is 7.05 Å². The minimum absolute atomic E-state index is 0.251. The van der Waals surface area contributed by atoms with Crippen molar-refractivity contribution >= 4 is 35.1 Å². The first kappa shape index (κ1) is 14.0. The van der Waals surface area contributed by atoms with Gasteiger partial charge in [0.25, 0.3) is 5.91 Å². The average Bonchev–Trinajstić information content (AvgIpc) is 2.94. The summed E-state index contributed by atoms with van der Waals surface area (Å²) >= 11 is 1.31. The Kier molecular flexibility index (Phi) is 3.99. The lowest BCUT2D eigenvalue weighted by molar-refractivity contribution is -0.131. The van der Waals surface area contributed by atoms with Crippen molar-refractivity contribution in [2.75, 3.05) is 5.32 Å². The first-order valence-electron chi connectivity index (χ1n) is 5.77. The number of hydrogen-bond donors (Lipinski definition) is 2. The van der Waals surface area contributed by atoms with Crippen LogP contribution in [0.2, 0.25) is 0 Å². The highest BCUT2D eigenvalue weighted by molar-refractivity contribution is 7.11. The summed E-state index contributed by atoms with van der Waals surface area (Å²) in [5.74, 6) is -0.657. The van der Waals surface area contributed by atoms with E-state index in [1.54, 1.807) is 29.2 Å². The molecule has 0 bridgehead atoms. The van der Waals surface area contributed by atoms with Crippen LogP contribution >= 0.6 is 11.3 Å². The van der Waals surface area contributed by atoms with Gasteiger partial charge in [0.1, 0.15) is 5.82 Å². The number of thiophene rings is 1.